The molecule has 132 valence electrons. The van der Waals surface area contributed by atoms with Crippen molar-refractivity contribution in [3.05, 3.63) is 35.9 Å². The molecular formula is C18H26N2O4. The summed E-state index contributed by atoms with van der Waals surface area (Å²) in [4.78, 5) is 37.2. The Labute approximate surface area is 142 Å². The highest BCUT2D eigenvalue weighted by atomic mass is 16.4. The van der Waals surface area contributed by atoms with Crippen LogP contribution in [-0.2, 0) is 14.4 Å². The number of likely N-dealkylation sites (N-methyl/N-ethyl adjacent to an activating group) is 1. The van der Waals surface area contributed by atoms with Crippen molar-refractivity contribution in [3.8, 4) is 0 Å². The summed E-state index contributed by atoms with van der Waals surface area (Å²) < 4.78 is 0. The molecule has 0 bridgehead atoms. The molecule has 1 aromatic carbocycles. The Morgan fingerprint density at radius 1 is 1.12 bits per heavy atom. The maximum absolute atomic E-state index is 12.7. The van der Waals surface area contributed by atoms with Gasteiger partial charge in [-0.1, -0.05) is 51.1 Å². The third-order valence-corrected chi connectivity index (χ3v) is 3.62. The van der Waals surface area contributed by atoms with Crippen LogP contribution in [0.5, 0.6) is 0 Å². The van der Waals surface area contributed by atoms with Gasteiger partial charge in [0.05, 0.1) is 5.92 Å². The second kappa shape index (κ2) is 9.05. The van der Waals surface area contributed by atoms with Gasteiger partial charge in [-0.05, 0) is 11.5 Å². The van der Waals surface area contributed by atoms with E-state index in [0.29, 0.717) is 12.0 Å². The molecule has 0 saturated heterocycles. The van der Waals surface area contributed by atoms with Crippen molar-refractivity contribution < 1.29 is 19.5 Å². The van der Waals surface area contributed by atoms with Gasteiger partial charge >= 0.3 is 5.97 Å². The topological polar surface area (TPSA) is 86.7 Å². The second-order valence-corrected chi connectivity index (χ2v) is 6.47. The molecule has 0 spiro atoms. The predicted molar refractivity (Wildman–Crippen MR) is 91.2 cm³/mol. The number of aliphatic carboxylic acids is 1. The number of rotatable bonds is 8. The Hall–Kier alpha value is -2.37. The number of nitrogens with one attached hydrogen (secondary N) is 1. The number of carbonyl (C=O) groups excluding carboxylic acids is 2. The molecule has 6 nitrogen and oxygen atoms in total. The van der Waals surface area contributed by atoms with E-state index in [4.69, 9.17) is 5.11 Å². The fourth-order valence-corrected chi connectivity index (χ4v) is 2.32. The average molecular weight is 334 g/mol. The van der Waals surface area contributed by atoms with Gasteiger partial charge in [0.2, 0.25) is 11.8 Å². The molecule has 2 atom stereocenters. The summed E-state index contributed by atoms with van der Waals surface area (Å²) in [7, 11) is 1.55. The lowest BCUT2D eigenvalue weighted by Crippen LogP contribution is -2.43. The molecule has 2 amide bonds. The first-order valence-electron chi connectivity index (χ1n) is 8.04. The largest absolute Gasteiger partial charge is 0.481 e. The van der Waals surface area contributed by atoms with Crippen LogP contribution in [0.25, 0.3) is 0 Å². The molecule has 24 heavy (non-hydrogen) atoms. The number of carbonyl (C=O) groups is 3. The Morgan fingerprint density at radius 3 is 2.21 bits per heavy atom. The van der Waals surface area contributed by atoms with Gasteiger partial charge in [-0.15, -0.1) is 0 Å². The Morgan fingerprint density at radius 2 is 1.71 bits per heavy atom. The van der Waals surface area contributed by atoms with E-state index >= 15 is 0 Å². The molecule has 0 radical (unpaired) electrons. The maximum atomic E-state index is 12.7. The van der Waals surface area contributed by atoms with Gasteiger partial charge in [-0.2, -0.15) is 0 Å². The number of carboxylic acids is 1. The SMILES string of the molecule is CC(C)CC(=O)NC(C(=O)N(C)CC(C)C(=O)O)c1ccccc1. The number of amides is 2. The lowest BCUT2D eigenvalue weighted by Gasteiger charge is -2.26. The smallest absolute Gasteiger partial charge is 0.308 e. The summed E-state index contributed by atoms with van der Waals surface area (Å²) in [6.07, 6.45) is 0.325. The van der Waals surface area contributed by atoms with E-state index in [1.807, 2.05) is 19.9 Å². The van der Waals surface area contributed by atoms with E-state index in [2.05, 4.69) is 5.32 Å². The highest BCUT2D eigenvalue weighted by molar-refractivity contribution is 5.89. The molecule has 6 heteroatoms. The molecule has 0 aliphatic rings. The summed E-state index contributed by atoms with van der Waals surface area (Å²) >= 11 is 0. The van der Waals surface area contributed by atoms with Gasteiger partial charge in [0.15, 0.2) is 0 Å². The fourth-order valence-electron chi connectivity index (χ4n) is 2.32. The lowest BCUT2D eigenvalue weighted by atomic mass is 10.0. The Kier molecular flexibility index (Phi) is 7.42. The number of hydrogen-bond acceptors (Lipinski definition) is 3. The number of nitrogens with zero attached hydrogens (tertiary/aromatic N) is 1. The third-order valence-electron chi connectivity index (χ3n) is 3.62. The van der Waals surface area contributed by atoms with Crippen molar-refractivity contribution >= 4 is 17.8 Å². The van der Waals surface area contributed by atoms with E-state index in [1.54, 1.807) is 38.2 Å². The molecule has 1 aromatic rings. The summed E-state index contributed by atoms with van der Waals surface area (Å²) in [5.74, 6) is -1.99. The minimum absolute atomic E-state index is 0.0809. The molecule has 0 aliphatic carbocycles. The van der Waals surface area contributed by atoms with E-state index in [0.717, 1.165) is 0 Å². The highest BCUT2D eigenvalue weighted by Crippen LogP contribution is 2.17. The summed E-state index contributed by atoms with van der Waals surface area (Å²) in [6.45, 7) is 5.48. The number of hydrogen-bond donors (Lipinski definition) is 2. The van der Waals surface area contributed by atoms with Gasteiger partial charge in [0.25, 0.3) is 0 Å². The summed E-state index contributed by atoms with van der Waals surface area (Å²) in [6, 6.07) is 8.15. The Balaban J connectivity index is 2.93. The first kappa shape index (κ1) is 19.7. The predicted octanol–water partition coefficient (Wildman–Crippen LogP) is 2.07. The molecule has 2 unspecified atom stereocenters. The molecule has 0 saturated carbocycles. The van der Waals surface area contributed by atoms with E-state index < -0.39 is 17.9 Å². The van der Waals surface area contributed by atoms with Crippen molar-refractivity contribution in [1.82, 2.24) is 10.2 Å². The van der Waals surface area contributed by atoms with Crippen LogP contribution in [0.4, 0.5) is 0 Å². The van der Waals surface area contributed by atoms with Gasteiger partial charge in [-0.25, -0.2) is 0 Å². The van der Waals surface area contributed by atoms with Crippen molar-refractivity contribution in [2.24, 2.45) is 11.8 Å². The number of benzene rings is 1. The van der Waals surface area contributed by atoms with Crippen LogP contribution in [0.3, 0.4) is 0 Å². The second-order valence-electron chi connectivity index (χ2n) is 6.47. The van der Waals surface area contributed by atoms with Crippen LogP contribution >= 0.6 is 0 Å². The first-order valence-corrected chi connectivity index (χ1v) is 8.04. The molecule has 0 heterocycles. The zero-order valence-corrected chi connectivity index (χ0v) is 14.7. The monoisotopic (exact) mass is 334 g/mol. The van der Waals surface area contributed by atoms with Gasteiger partial charge in [-0.3, -0.25) is 14.4 Å². The molecule has 0 fully saturated rings. The van der Waals surface area contributed by atoms with Crippen LogP contribution in [0, 0.1) is 11.8 Å². The average Bonchev–Trinajstić information content (AvgIpc) is 2.51. The minimum atomic E-state index is -0.963. The standard InChI is InChI=1S/C18H26N2O4/c1-12(2)10-15(21)19-16(14-8-6-5-7-9-14)17(22)20(4)11-13(3)18(23)24/h5-9,12-13,16H,10-11H2,1-4H3,(H,19,21)(H,23,24). The van der Waals surface area contributed by atoms with Crippen LogP contribution in [0.15, 0.2) is 30.3 Å². The van der Waals surface area contributed by atoms with Crippen LogP contribution < -0.4 is 5.32 Å². The molecule has 2 N–H and O–H groups in total. The fraction of sp³-hybridized carbons (Fsp3) is 0.500. The zero-order chi connectivity index (χ0) is 18.3. The van der Waals surface area contributed by atoms with Crippen molar-refractivity contribution in [2.75, 3.05) is 13.6 Å². The van der Waals surface area contributed by atoms with Gasteiger partial charge in [0, 0.05) is 20.0 Å². The quantitative estimate of drug-likeness (QED) is 0.762. The van der Waals surface area contributed by atoms with Crippen molar-refractivity contribution in [2.45, 2.75) is 33.2 Å². The van der Waals surface area contributed by atoms with Gasteiger partial charge in [0.1, 0.15) is 6.04 Å². The Bertz CT molecular complexity index is 572. The minimum Gasteiger partial charge on any atom is -0.481 e. The van der Waals surface area contributed by atoms with Crippen LogP contribution in [-0.4, -0.2) is 41.4 Å². The molecule has 0 aliphatic heterocycles. The van der Waals surface area contributed by atoms with Gasteiger partial charge < -0.3 is 15.3 Å². The first-order chi connectivity index (χ1) is 11.2. The molecular weight excluding hydrogens is 308 g/mol. The molecule has 1 rings (SSSR count). The van der Waals surface area contributed by atoms with E-state index in [9.17, 15) is 14.4 Å². The number of carboxylic acid groups (broad SMARTS) is 1. The summed E-state index contributed by atoms with van der Waals surface area (Å²) in [5.41, 5.74) is 0.675. The van der Waals surface area contributed by atoms with Crippen molar-refractivity contribution in [3.63, 3.8) is 0 Å². The third kappa shape index (κ3) is 6.02. The normalized spacial score (nSPS) is 13.2. The van der Waals surface area contributed by atoms with E-state index in [-0.39, 0.29) is 24.3 Å². The molecule has 0 aromatic heterocycles. The zero-order valence-electron chi connectivity index (χ0n) is 14.7. The highest BCUT2D eigenvalue weighted by Gasteiger charge is 2.27. The summed E-state index contributed by atoms with van der Waals surface area (Å²) in [5, 5.41) is 11.8. The van der Waals surface area contributed by atoms with E-state index in [1.165, 1.54) is 4.90 Å². The maximum Gasteiger partial charge on any atom is 0.308 e. The van der Waals surface area contributed by atoms with Crippen LogP contribution in [0.2, 0.25) is 0 Å². The lowest BCUT2D eigenvalue weighted by molar-refractivity contribution is -0.143. The van der Waals surface area contributed by atoms with Crippen molar-refractivity contribution in [1.29, 1.82) is 0 Å². The van der Waals surface area contributed by atoms with Crippen LogP contribution in [0.1, 0.15) is 38.8 Å².